The van der Waals surface area contributed by atoms with Crippen molar-refractivity contribution in [2.75, 3.05) is 6.61 Å². The summed E-state index contributed by atoms with van der Waals surface area (Å²) in [5.41, 5.74) is 0.250. The Kier molecular flexibility index (Phi) is 3.32. The zero-order valence-corrected chi connectivity index (χ0v) is 11.9. The third kappa shape index (κ3) is 1.73. The van der Waals surface area contributed by atoms with E-state index in [1.165, 1.54) is 19.3 Å². The van der Waals surface area contributed by atoms with Crippen LogP contribution in [-0.4, -0.2) is 18.9 Å². The van der Waals surface area contributed by atoms with Gasteiger partial charge >= 0.3 is 6.16 Å². The monoisotopic (exact) mass is 264 g/mol. The van der Waals surface area contributed by atoms with Gasteiger partial charge in [0.15, 0.2) is 0 Å². The highest BCUT2D eigenvalue weighted by Crippen LogP contribution is 2.73. The summed E-state index contributed by atoms with van der Waals surface area (Å²) in [5.74, 6) is 2.26. The molecule has 19 heavy (non-hydrogen) atoms. The second-order valence-corrected chi connectivity index (χ2v) is 6.19. The van der Waals surface area contributed by atoms with Gasteiger partial charge in [0.2, 0.25) is 0 Å². The van der Waals surface area contributed by atoms with Crippen molar-refractivity contribution in [3.8, 4) is 0 Å². The lowest BCUT2D eigenvalue weighted by Crippen LogP contribution is -2.67. The summed E-state index contributed by atoms with van der Waals surface area (Å²) in [5, 5.41) is 0. The molecule has 2 saturated carbocycles. The number of ether oxygens (including phenoxy) is 2. The lowest BCUT2D eigenvalue weighted by Gasteiger charge is -2.69. The van der Waals surface area contributed by atoms with Crippen molar-refractivity contribution in [1.29, 1.82) is 0 Å². The minimum Gasteiger partial charge on any atom is -0.435 e. The van der Waals surface area contributed by atoms with Gasteiger partial charge in [-0.2, -0.15) is 0 Å². The van der Waals surface area contributed by atoms with Crippen molar-refractivity contribution in [2.24, 2.45) is 23.2 Å². The number of rotatable bonds is 5. The maximum absolute atomic E-state index is 11.7. The van der Waals surface area contributed by atoms with Gasteiger partial charge in [0.05, 0.1) is 6.61 Å². The molecule has 0 aromatic carbocycles. The number of carbonyl (C=O) groups excluding carboxylic acids is 1. The third-order valence-corrected chi connectivity index (χ3v) is 5.58. The zero-order chi connectivity index (χ0) is 13.5. The van der Waals surface area contributed by atoms with Gasteiger partial charge in [-0.05, 0) is 50.4 Å². The fourth-order valence-electron chi connectivity index (χ4n) is 4.80. The molecule has 0 aliphatic heterocycles. The molecule has 3 rings (SSSR count). The van der Waals surface area contributed by atoms with Crippen molar-refractivity contribution >= 4 is 6.16 Å². The van der Waals surface area contributed by atoms with E-state index in [1.54, 1.807) is 0 Å². The predicted octanol–water partition coefficient (Wildman–Crippen LogP) is 3.93. The summed E-state index contributed by atoms with van der Waals surface area (Å²) in [4.78, 5) is 11.7. The van der Waals surface area contributed by atoms with Crippen LogP contribution in [0.5, 0.6) is 0 Å². The molecule has 0 aromatic rings. The summed E-state index contributed by atoms with van der Waals surface area (Å²) in [7, 11) is 0. The van der Waals surface area contributed by atoms with Gasteiger partial charge in [-0.25, -0.2) is 4.79 Å². The van der Waals surface area contributed by atoms with Gasteiger partial charge in [-0.3, -0.25) is 0 Å². The molecule has 106 valence electrons. The van der Waals surface area contributed by atoms with Crippen LogP contribution in [0, 0.1) is 23.2 Å². The molecule has 3 aliphatic rings. The second-order valence-electron chi connectivity index (χ2n) is 6.19. The third-order valence-electron chi connectivity index (χ3n) is 5.58. The second kappa shape index (κ2) is 4.84. The van der Waals surface area contributed by atoms with Gasteiger partial charge in [-0.1, -0.05) is 25.5 Å². The van der Waals surface area contributed by atoms with E-state index in [-0.39, 0.29) is 11.5 Å². The summed E-state index contributed by atoms with van der Waals surface area (Å²) in [6.07, 6.45) is 10.1. The Hall–Kier alpha value is -0.990. The van der Waals surface area contributed by atoms with Crippen LogP contribution >= 0.6 is 0 Å². The molecule has 0 radical (unpaired) electrons. The van der Waals surface area contributed by atoms with E-state index in [0.717, 1.165) is 24.7 Å². The molecule has 0 spiro atoms. The van der Waals surface area contributed by atoms with Crippen molar-refractivity contribution in [2.45, 2.75) is 52.1 Å². The molecule has 5 atom stereocenters. The Bertz CT molecular complexity index is 389. The van der Waals surface area contributed by atoms with E-state index in [4.69, 9.17) is 9.47 Å². The standard InChI is InChI=1S/C16H24O3/c1-3-6-14(19-15(17)18-4-2)16-10-9-13(16)11-7-5-8-12(11)16/h5,8,11-14H,3-4,6-7,9-10H2,1-2H3. The van der Waals surface area contributed by atoms with Gasteiger partial charge in [0.25, 0.3) is 0 Å². The van der Waals surface area contributed by atoms with E-state index < -0.39 is 6.16 Å². The minimum atomic E-state index is -0.480. The molecule has 3 heteroatoms. The van der Waals surface area contributed by atoms with E-state index in [0.29, 0.717) is 12.5 Å². The molecule has 0 aromatic heterocycles. The Labute approximate surface area is 115 Å². The molecule has 3 aliphatic carbocycles. The minimum absolute atomic E-state index is 0.0549. The largest absolute Gasteiger partial charge is 0.508 e. The summed E-state index contributed by atoms with van der Waals surface area (Å²) >= 11 is 0. The van der Waals surface area contributed by atoms with E-state index in [9.17, 15) is 4.79 Å². The predicted molar refractivity (Wildman–Crippen MR) is 72.7 cm³/mol. The quantitative estimate of drug-likeness (QED) is 0.557. The number of hydrogen-bond donors (Lipinski definition) is 0. The molecule has 0 saturated heterocycles. The molecule has 2 fully saturated rings. The first-order valence-electron chi connectivity index (χ1n) is 7.74. The van der Waals surface area contributed by atoms with Crippen LogP contribution in [0.3, 0.4) is 0 Å². The van der Waals surface area contributed by atoms with Gasteiger partial charge in [-0.15, -0.1) is 0 Å². The van der Waals surface area contributed by atoms with Gasteiger partial charge in [0.1, 0.15) is 6.10 Å². The lowest BCUT2D eigenvalue weighted by molar-refractivity contribution is -0.235. The molecular formula is C16H24O3. The van der Waals surface area contributed by atoms with E-state index in [2.05, 4.69) is 19.1 Å². The Morgan fingerprint density at radius 3 is 2.95 bits per heavy atom. The Balaban J connectivity index is 1.73. The first-order valence-corrected chi connectivity index (χ1v) is 7.74. The SMILES string of the molecule is CCCC(OC(=O)OCC)C12CCC1C1CC=CC12. The van der Waals surface area contributed by atoms with E-state index in [1.807, 2.05) is 6.92 Å². The van der Waals surface area contributed by atoms with Crippen LogP contribution in [-0.2, 0) is 9.47 Å². The van der Waals surface area contributed by atoms with Crippen molar-refractivity contribution in [3.05, 3.63) is 12.2 Å². The molecule has 0 amide bonds. The lowest BCUT2D eigenvalue weighted by atomic mass is 9.36. The summed E-state index contributed by atoms with van der Waals surface area (Å²) in [6, 6.07) is 0. The average molecular weight is 264 g/mol. The number of fused-ring (bicyclic) bond motifs is 4. The Morgan fingerprint density at radius 2 is 2.32 bits per heavy atom. The topological polar surface area (TPSA) is 35.5 Å². The van der Waals surface area contributed by atoms with Crippen LogP contribution in [0.25, 0.3) is 0 Å². The maximum Gasteiger partial charge on any atom is 0.508 e. The first-order chi connectivity index (χ1) is 9.24. The van der Waals surface area contributed by atoms with Gasteiger partial charge < -0.3 is 9.47 Å². The van der Waals surface area contributed by atoms with Crippen LogP contribution in [0.15, 0.2) is 12.2 Å². The molecule has 0 N–H and O–H groups in total. The van der Waals surface area contributed by atoms with Gasteiger partial charge in [0, 0.05) is 5.41 Å². The van der Waals surface area contributed by atoms with Crippen molar-refractivity contribution < 1.29 is 14.3 Å². The highest BCUT2D eigenvalue weighted by atomic mass is 16.7. The maximum atomic E-state index is 11.7. The fraction of sp³-hybridized carbons (Fsp3) is 0.812. The smallest absolute Gasteiger partial charge is 0.435 e. The van der Waals surface area contributed by atoms with Crippen LogP contribution < -0.4 is 0 Å². The van der Waals surface area contributed by atoms with E-state index >= 15 is 0 Å². The molecule has 0 heterocycles. The fourth-order valence-corrected chi connectivity index (χ4v) is 4.80. The number of hydrogen-bond acceptors (Lipinski definition) is 3. The number of allylic oxidation sites excluding steroid dienone is 2. The average Bonchev–Trinajstić information content (AvgIpc) is 2.75. The number of carbonyl (C=O) groups is 1. The summed E-state index contributed by atoms with van der Waals surface area (Å²) < 4.78 is 10.6. The first kappa shape index (κ1) is 13.0. The van der Waals surface area contributed by atoms with Crippen LogP contribution in [0.2, 0.25) is 0 Å². The van der Waals surface area contributed by atoms with Crippen molar-refractivity contribution in [1.82, 2.24) is 0 Å². The normalized spacial score (nSPS) is 39.6. The van der Waals surface area contributed by atoms with Crippen LogP contribution in [0.1, 0.15) is 46.0 Å². The highest BCUT2D eigenvalue weighted by Gasteiger charge is 2.70. The molecule has 3 nitrogen and oxygen atoms in total. The molecule has 5 unspecified atom stereocenters. The van der Waals surface area contributed by atoms with Crippen LogP contribution in [0.4, 0.5) is 4.79 Å². The molecule has 0 bridgehead atoms. The van der Waals surface area contributed by atoms with Crippen molar-refractivity contribution in [3.63, 3.8) is 0 Å². The highest BCUT2D eigenvalue weighted by molar-refractivity contribution is 5.60. The summed E-state index contributed by atoms with van der Waals surface area (Å²) in [6.45, 7) is 4.37. The Morgan fingerprint density at radius 1 is 1.47 bits per heavy atom. The molecular weight excluding hydrogens is 240 g/mol. The zero-order valence-electron chi connectivity index (χ0n) is 11.9.